The molecule has 5 nitrogen and oxygen atoms in total. The number of aromatic nitrogens is 2. The summed E-state index contributed by atoms with van der Waals surface area (Å²) >= 11 is 1.43. The van der Waals surface area contributed by atoms with Gasteiger partial charge in [-0.2, -0.15) is 4.98 Å². The first-order valence-corrected chi connectivity index (χ1v) is 9.03. The van der Waals surface area contributed by atoms with Gasteiger partial charge in [0.15, 0.2) is 11.6 Å². The fourth-order valence-electron chi connectivity index (χ4n) is 2.70. The van der Waals surface area contributed by atoms with Crippen LogP contribution in [0.2, 0.25) is 0 Å². The maximum absolute atomic E-state index is 13.3. The van der Waals surface area contributed by atoms with Crippen molar-refractivity contribution in [2.45, 2.75) is 32.1 Å². The zero-order chi connectivity index (χ0) is 18.3. The van der Waals surface area contributed by atoms with Gasteiger partial charge in [-0.05, 0) is 44.0 Å². The Hall–Kier alpha value is -2.61. The molecular formula is C18H15F2N3O2S. The molecule has 0 radical (unpaired) electrons. The topological polar surface area (TPSA) is 68.0 Å². The van der Waals surface area contributed by atoms with Crippen molar-refractivity contribution in [1.29, 1.82) is 0 Å². The van der Waals surface area contributed by atoms with E-state index in [2.05, 4.69) is 15.5 Å². The number of carbonyl (C=O) groups excluding carboxylic acids is 1. The number of nitrogens with zero attached hydrogens (tertiary/aromatic N) is 2. The molecule has 3 aromatic rings. The van der Waals surface area contributed by atoms with Crippen molar-refractivity contribution in [3.05, 3.63) is 52.2 Å². The number of amides is 1. The highest BCUT2D eigenvalue weighted by Gasteiger charge is 2.26. The highest BCUT2D eigenvalue weighted by molar-refractivity contribution is 7.16. The number of thiophene rings is 1. The molecule has 4 rings (SSSR count). The first-order chi connectivity index (χ1) is 12.5. The number of hydrogen-bond donors (Lipinski definition) is 1. The van der Waals surface area contributed by atoms with Gasteiger partial charge in [-0.3, -0.25) is 4.79 Å². The number of aryl methyl sites for hydroxylation is 1. The second kappa shape index (κ2) is 6.60. The lowest BCUT2D eigenvalue weighted by Gasteiger charge is -2.20. The monoisotopic (exact) mass is 375 g/mol. The van der Waals surface area contributed by atoms with Crippen LogP contribution in [0.1, 0.15) is 46.3 Å². The van der Waals surface area contributed by atoms with E-state index >= 15 is 0 Å². The van der Waals surface area contributed by atoms with Gasteiger partial charge in [0.25, 0.3) is 5.91 Å². The van der Waals surface area contributed by atoms with Crippen LogP contribution in [0.15, 0.2) is 28.8 Å². The maximum atomic E-state index is 13.3. The number of carbonyl (C=O) groups is 1. The van der Waals surface area contributed by atoms with Crippen molar-refractivity contribution in [2.75, 3.05) is 5.32 Å². The van der Waals surface area contributed by atoms with Crippen LogP contribution in [0.3, 0.4) is 0 Å². The molecule has 8 heteroatoms. The molecule has 2 aromatic heterocycles. The van der Waals surface area contributed by atoms with Crippen molar-refractivity contribution in [2.24, 2.45) is 0 Å². The second-order valence-corrected chi connectivity index (χ2v) is 7.50. The molecule has 1 aliphatic carbocycles. The van der Waals surface area contributed by atoms with E-state index < -0.39 is 17.5 Å². The predicted octanol–water partition coefficient (Wildman–Crippen LogP) is 4.90. The van der Waals surface area contributed by atoms with E-state index in [0.717, 1.165) is 34.7 Å². The van der Waals surface area contributed by atoms with Crippen molar-refractivity contribution in [1.82, 2.24) is 10.1 Å². The molecule has 1 fully saturated rings. The number of hydrogen-bond acceptors (Lipinski definition) is 5. The number of nitrogens with one attached hydrogen (secondary N) is 1. The first-order valence-electron chi connectivity index (χ1n) is 8.22. The molecule has 1 aliphatic rings. The Balaban J connectivity index is 1.53. The zero-order valence-electron chi connectivity index (χ0n) is 13.9. The molecule has 0 saturated heterocycles. The molecular weight excluding hydrogens is 360 g/mol. The lowest BCUT2D eigenvalue weighted by atomic mass is 9.85. The first kappa shape index (κ1) is 16.8. The average molecular weight is 375 g/mol. The molecule has 0 unspecified atom stereocenters. The van der Waals surface area contributed by atoms with Gasteiger partial charge in [0.1, 0.15) is 0 Å². The Morgan fingerprint density at radius 3 is 2.77 bits per heavy atom. The average Bonchev–Trinajstić information content (AvgIpc) is 3.16. The summed E-state index contributed by atoms with van der Waals surface area (Å²) in [6.07, 6.45) is 3.32. The van der Waals surface area contributed by atoms with Crippen LogP contribution in [0.4, 0.5) is 14.5 Å². The predicted molar refractivity (Wildman–Crippen MR) is 93.3 cm³/mol. The smallest absolute Gasteiger partial charge is 0.255 e. The minimum Gasteiger partial charge on any atom is -0.339 e. The minimum atomic E-state index is -1.06. The van der Waals surface area contributed by atoms with Crippen molar-refractivity contribution < 1.29 is 18.1 Å². The summed E-state index contributed by atoms with van der Waals surface area (Å²) < 4.78 is 31.6. The van der Waals surface area contributed by atoms with Gasteiger partial charge in [-0.25, -0.2) is 8.78 Å². The van der Waals surface area contributed by atoms with Crippen molar-refractivity contribution in [3.63, 3.8) is 0 Å². The summed E-state index contributed by atoms with van der Waals surface area (Å²) in [6.45, 7) is 1.85. The summed E-state index contributed by atoms with van der Waals surface area (Å²) in [4.78, 5) is 18.3. The Kier molecular flexibility index (Phi) is 4.28. The lowest BCUT2D eigenvalue weighted by Crippen LogP contribution is -2.12. The molecule has 1 N–H and O–H groups in total. The van der Waals surface area contributed by atoms with Gasteiger partial charge < -0.3 is 9.84 Å². The third-order valence-electron chi connectivity index (χ3n) is 4.46. The van der Waals surface area contributed by atoms with E-state index in [1.807, 2.05) is 6.92 Å². The third-order valence-corrected chi connectivity index (χ3v) is 5.51. The number of anilines is 1. The Labute approximate surface area is 152 Å². The molecule has 0 atom stereocenters. The Morgan fingerprint density at radius 1 is 1.27 bits per heavy atom. The molecule has 0 bridgehead atoms. The normalized spacial score (nSPS) is 14.3. The van der Waals surface area contributed by atoms with E-state index in [4.69, 9.17) is 4.52 Å². The van der Waals surface area contributed by atoms with E-state index in [9.17, 15) is 13.6 Å². The fourth-order valence-corrected chi connectivity index (χ4v) is 3.61. The van der Waals surface area contributed by atoms with E-state index in [1.165, 1.54) is 23.8 Å². The highest BCUT2D eigenvalue weighted by atomic mass is 32.1. The summed E-state index contributed by atoms with van der Waals surface area (Å²) in [6, 6.07) is 4.79. The van der Waals surface area contributed by atoms with E-state index in [1.54, 1.807) is 6.07 Å². The third kappa shape index (κ3) is 3.12. The summed E-state index contributed by atoms with van der Waals surface area (Å²) in [7, 11) is 0. The maximum Gasteiger partial charge on any atom is 0.255 e. The standard InChI is InChI=1S/C18H15F2N3O2S/c1-9-14(21-17(24)11-5-6-12(19)13(20)7-11)8-15(26-9)16-22-18(25-23-16)10-3-2-4-10/h5-8,10H,2-4H2,1H3,(H,21,24). The van der Waals surface area contributed by atoms with Crippen LogP contribution in [-0.2, 0) is 0 Å². The summed E-state index contributed by atoms with van der Waals surface area (Å²) in [5.41, 5.74) is 0.623. The molecule has 2 heterocycles. The molecule has 1 amide bonds. The van der Waals surface area contributed by atoms with Gasteiger partial charge in [0.05, 0.1) is 10.6 Å². The fraction of sp³-hybridized carbons (Fsp3) is 0.278. The van der Waals surface area contributed by atoms with Crippen molar-refractivity contribution in [3.8, 4) is 10.7 Å². The van der Waals surface area contributed by atoms with Crippen LogP contribution in [0.25, 0.3) is 10.7 Å². The molecule has 1 saturated carbocycles. The van der Waals surface area contributed by atoms with E-state index in [-0.39, 0.29) is 5.56 Å². The van der Waals surface area contributed by atoms with Crippen LogP contribution in [0, 0.1) is 18.6 Å². The van der Waals surface area contributed by atoms with E-state index in [0.29, 0.717) is 23.3 Å². The van der Waals surface area contributed by atoms with Crippen molar-refractivity contribution >= 4 is 22.9 Å². The molecule has 1 aromatic carbocycles. The van der Waals surface area contributed by atoms with Crippen LogP contribution in [-0.4, -0.2) is 16.0 Å². The second-order valence-electron chi connectivity index (χ2n) is 6.25. The number of rotatable bonds is 4. The van der Waals surface area contributed by atoms with Gasteiger partial charge in [0, 0.05) is 16.4 Å². The van der Waals surface area contributed by atoms with Gasteiger partial charge >= 0.3 is 0 Å². The SMILES string of the molecule is Cc1sc(-c2noc(C3CCC3)n2)cc1NC(=O)c1ccc(F)c(F)c1. The van der Waals surface area contributed by atoms with Gasteiger partial charge in [0.2, 0.25) is 11.7 Å². The van der Waals surface area contributed by atoms with Crippen LogP contribution >= 0.6 is 11.3 Å². The number of benzene rings is 1. The molecule has 0 aliphatic heterocycles. The highest BCUT2D eigenvalue weighted by Crippen LogP contribution is 2.38. The van der Waals surface area contributed by atoms with Crippen LogP contribution in [0.5, 0.6) is 0 Å². The Morgan fingerprint density at radius 2 is 2.08 bits per heavy atom. The quantitative estimate of drug-likeness (QED) is 0.704. The Bertz CT molecular complexity index is 979. The van der Waals surface area contributed by atoms with Gasteiger partial charge in [-0.1, -0.05) is 11.6 Å². The summed E-state index contributed by atoms with van der Waals surface area (Å²) in [5.74, 6) is -1.06. The lowest BCUT2D eigenvalue weighted by molar-refractivity contribution is 0.102. The van der Waals surface area contributed by atoms with Gasteiger partial charge in [-0.15, -0.1) is 11.3 Å². The largest absolute Gasteiger partial charge is 0.339 e. The zero-order valence-corrected chi connectivity index (χ0v) is 14.7. The number of halogens is 2. The molecule has 0 spiro atoms. The molecule has 134 valence electrons. The summed E-state index contributed by atoms with van der Waals surface area (Å²) in [5, 5.41) is 6.73. The molecule has 26 heavy (non-hydrogen) atoms. The minimum absolute atomic E-state index is 0.0443. The van der Waals surface area contributed by atoms with Crippen LogP contribution < -0.4 is 5.32 Å².